The van der Waals surface area contributed by atoms with Gasteiger partial charge in [-0.1, -0.05) is 6.42 Å². The number of halogens is 4. The van der Waals surface area contributed by atoms with Crippen LogP contribution in [0.1, 0.15) is 44.0 Å². The molecule has 1 aromatic heterocycles. The van der Waals surface area contributed by atoms with Gasteiger partial charge in [-0.2, -0.15) is 0 Å². The molecule has 1 spiro atoms. The van der Waals surface area contributed by atoms with Crippen LogP contribution in [0.3, 0.4) is 0 Å². The Bertz CT molecular complexity index is 1150. The number of carbonyl (C=O) groups is 1. The maximum absolute atomic E-state index is 13.5. The van der Waals surface area contributed by atoms with Crippen molar-refractivity contribution in [2.45, 2.75) is 50.1 Å². The Morgan fingerprint density at radius 2 is 1.81 bits per heavy atom. The molecular formula is C22H19F4N3O3. The summed E-state index contributed by atoms with van der Waals surface area (Å²) in [5.74, 6) is -0.422. The zero-order valence-electron chi connectivity index (χ0n) is 16.8. The number of rotatable bonds is 3. The van der Waals surface area contributed by atoms with Crippen LogP contribution >= 0.6 is 0 Å². The average Bonchev–Trinajstić information content (AvgIpc) is 3.25. The minimum atomic E-state index is -4.81. The summed E-state index contributed by atoms with van der Waals surface area (Å²) >= 11 is 0. The number of nitrogens with zero attached hydrogens (tertiary/aromatic N) is 2. The number of ether oxygens (including phenoxy) is 2. The monoisotopic (exact) mass is 449 g/mol. The predicted molar refractivity (Wildman–Crippen MR) is 107 cm³/mol. The fourth-order valence-corrected chi connectivity index (χ4v) is 4.71. The molecule has 2 fully saturated rings. The summed E-state index contributed by atoms with van der Waals surface area (Å²) in [5, 5.41) is 0. The highest BCUT2D eigenvalue weighted by atomic mass is 19.4. The van der Waals surface area contributed by atoms with Gasteiger partial charge in [0.2, 0.25) is 0 Å². The lowest BCUT2D eigenvalue weighted by atomic mass is 9.79. The Kier molecular flexibility index (Phi) is 4.75. The van der Waals surface area contributed by atoms with Gasteiger partial charge in [0.15, 0.2) is 0 Å². The molecule has 5 rings (SSSR count). The summed E-state index contributed by atoms with van der Waals surface area (Å²) < 4.78 is 61.2. The second-order valence-corrected chi connectivity index (χ2v) is 8.09. The van der Waals surface area contributed by atoms with Crippen molar-refractivity contribution >= 4 is 22.8 Å². The maximum atomic E-state index is 13.5. The second-order valence-electron chi connectivity index (χ2n) is 8.09. The maximum Gasteiger partial charge on any atom is 0.573 e. The fourth-order valence-electron chi connectivity index (χ4n) is 4.71. The first-order valence-electron chi connectivity index (χ1n) is 10.3. The first-order chi connectivity index (χ1) is 15.2. The van der Waals surface area contributed by atoms with E-state index in [1.165, 1.54) is 47.4 Å². The Labute approximate surface area is 180 Å². The SMILES string of the molecule is O=C1OC2(CCCCC2)C(c2nc3ccc(OC(F)(F)F)cc3[nH]2)N1c1ccc(F)cc1. The average molecular weight is 449 g/mol. The van der Waals surface area contributed by atoms with Gasteiger partial charge in [0.05, 0.1) is 11.0 Å². The Morgan fingerprint density at radius 1 is 1.09 bits per heavy atom. The van der Waals surface area contributed by atoms with Crippen molar-refractivity contribution in [1.82, 2.24) is 9.97 Å². The van der Waals surface area contributed by atoms with Gasteiger partial charge >= 0.3 is 12.5 Å². The van der Waals surface area contributed by atoms with Gasteiger partial charge in [0, 0.05) is 11.8 Å². The number of alkyl halides is 3. The number of aromatic amines is 1. The molecule has 1 saturated heterocycles. The topological polar surface area (TPSA) is 67.5 Å². The molecule has 1 N–H and O–H groups in total. The van der Waals surface area contributed by atoms with Crippen molar-refractivity contribution in [2.75, 3.05) is 4.90 Å². The lowest BCUT2D eigenvalue weighted by Crippen LogP contribution is -2.40. The number of amides is 1. The molecule has 1 atom stereocenters. The minimum Gasteiger partial charge on any atom is -0.440 e. The van der Waals surface area contributed by atoms with Crippen molar-refractivity contribution in [2.24, 2.45) is 0 Å². The molecule has 0 bridgehead atoms. The minimum absolute atomic E-state index is 0.339. The molecule has 1 unspecified atom stereocenters. The van der Waals surface area contributed by atoms with Gasteiger partial charge in [-0.05, 0) is 62.1 Å². The first-order valence-corrected chi connectivity index (χ1v) is 10.3. The molecule has 168 valence electrons. The summed E-state index contributed by atoms with van der Waals surface area (Å²) in [4.78, 5) is 22.0. The number of hydrogen-bond donors (Lipinski definition) is 1. The van der Waals surface area contributed by atoms with E-state index in [9.17, 15) is 22.4 Å². The van der Waals surface area contributed by atoms with Crippen molar-refractivity contribution in [3.8, 4) is 5.75 Å². The summed E-state index contributed by atoms with van der Waals surface area (Å²) in [5.41, 5.74) is 0.388. The number of anilines is 1. The zero-order chi connectivity index (χ0) is 22.5. The van der Waals surface area contributed by atoms with Crippen molar-refractivity contribution < 1.29 is 31.8 Å². The number of carbonyl (C=O) groups excluding carboxylic acids is 1. The Hall–Kier alpha value is -3.30. The van der Waals surface area contributed by atoms with Gasteiger partial charge < -0.3 is 14.5 Å². The quantitative estimate of drug-likeness (QED) is 0.498. The predicted octanol–water partition coefficient (Wildman–Crippen LogP) is 6.00. The number of aromatic nitrogens is 2. The van der Waals surface area contributed by atoms with Crippen LogP contribution in [0, 0.1) is 5.82 Å². The number of nitrogens with one attached hydrogen (secondary N) is 1. The molecule has 32 heavy (non-hydrogen) atoms. The molecule has 2 aromatic carbocycles. The van der Waals surface area contributed by atoms with Crippen molar-refractivity contribution in [3.63, 3.8) is 0 Å². The van der Waals surface area contributed by atoms with Crippen molar-refractivity contribution in [1.29, 1.82) is 0 Å². The van der Waals surface area contributed by atoms with E-state index in [2.05, 4.69) is 14.7 Å². The summed E-state index contributed by atoms with van der Waals surface area (Å²) in [6.07, 6.45) is -1.38. The molecule has 3 aromatic rings. The molecule has 6 nitrogen and oxygen atoms in total. The summed E-state index contributed by atoms with van der Waals surface area (Å²) in [7, 11) is 0. The van der Waals surface area contributed by atoms with Crippen LogP contribution in [0.25, 0.3) is 11.0 Å². The Balaban J connectivity index is 1.60. The molecule has 1 aliphatic carbocycles. The molecule has 2 heterocycles. The smallest absolute Gasteiger partial charge is 0.440 e. The highest BCUT2D eigenvalue weighted by Crippen LogP contribution is 2.50. The van der Waals surface area contributed by atoms with E-state index in [1.54, 1.807) is 0 Å². The fraction of sp³-hybridized carbons (Fsp3) is 0.364. The van der Waals surface area contributed by atoms with Crippen LogP contribution in [0.4, 0.5) is 28.0 Å². The second kappa shape index (κ2) is 7.39. The molecule has 1 amide bonds. The summed E-state index contributed by atoms with van der Waals surface area (Å²) in [6, 6.07) is 8.67. The number of hydrogen-bond acceptors (Lipinski definition) is 4. The number of H-pyrrole nitrogens is 1. The van der Waals surface area contributed by atoms with Crippen LogP contribution in [0.2, 0.25) is 0 Å². The third-order valence-electron chi connectivity index (χ3n) is 6.01. The van der Waals surface area contributed by atoms with E-state index >= 15 is 0 Å². The highest BCUT2D eigenvalue weighted by molar-refractivity contribution is 5.92. The van der Waals surface area contributed by atoms with Crippen LogP contribution in [0.5, 0.6) is 5.75 Å². The van der Waals surface area contributed by atoms with Gasteiger partial charge in [-0.15, -0.1) is 13.2 Å². The Morgan fingerprint density at radius 3 is 2.50 bits per heavy atom. The molecule has 1 saturated carbocycles. The van der Waals surface area contributed by atoms with Gasteiger partial charge in [-0.3, -0.25) is 4.90 Å². The largest absolute Gasteiger partial charge is 0.573 e. The zero-order valence-corrected chi connectivity index (χ0v) is 16.8. The van der Waals surface area contributed by atoms with E-state index in [0.717, 1.165) is 19.3 Å². The molecule has 1 aliphatic heterocycles. The van der Waals surface area contributed by atoms with Crippen LogP contribution in [-0.4, -0.2) is 28.0 Å². The van der Waals surface area contributed by atoms with Gasteiger partial charge in [0.25, 0.3) is 0 Å². The number of imidazole rings is 1. The van der Waals surface area contributed by atoms with E-state index < -0.39 is 29.9 Å². The lowest BCUT2D eigenvalue weighted by Gasteiger charge is -2.36. The first kappa shape index (κ1) is 20.6. The number of benzene rings is 2. The number of fused-ring (bicyclic) bond motifs is 1. The third-order valence-corrected chi connectivity index (χ3v) is 6.01. The van der Waals surface area contributed by atoms with Gasteiger partial charge in [0.1, 0.15) is 29.0 Å². The van der Waals surface area contributed by atoms with Crippen LogP contribution in [0.15, 0.2) is 42.5 Å². The molecule has 2 aliphatic rings. The summed E-state index contributed by atoms with van der Waals surface area (Å²) in [6.45, 7) is 0. The van der Waals surface area contributed by atoms with E-state index in [1.807, 2.05) is 0 Å². The standard InChI is InChI=1S/C22H19F4N3O3/c23-13-4-6-14(7-5-13)29-18(21(32-20(29)30)10-2-1-3-11-21)19-27-16-9-8-15(12-17(16)28-19)31-22(24,25)26/h4-9,12,18H,1-3,10-11H2,(H,27,28). The van der Waals surface area contributed by atoms with Crippen LogP contribution in [-0.2, 0) is 4.74 Å². The van der Waals surface area contributed by atoms with Crippen LogP contribution < -0.4 is 9.64 Å². The lowest BCUT2D eigenvalue weighted by molar-refractivity contribution is -0.274. The van der Waals surface area contributed by atoms with E-state index in [0.29, 0.717) is 35.4 Å². The highest BCUT2D eigenvalue weighted by Gasteiger charge is 2.56. The van der Waals surface area contributed by atoms with Crippen molar-refractivity contribution in [3.05, 3.63) is 54.1 Å². The van der Waals surface area contributed by atoms with Gasteiger partial charge in [-0.25, -0.2) is 14.2 Å². The molecule has 10 heteroatoms. The molecule has 0 radical (unpaired) electrons. The third kappa shape index (κ3) is 3.63. The van der Waals surface area contributed by atoms with E-state index in [4.69, 9.17) is 4.74 Å². The van der Waals surface area contributed by atoms with E-state index in [-0.39, 0.29) is 5.75 Å². The normalized spacial score (nSPS) is 20.7. The molecular weight excluding hydrogens is 430 g/mol.